The fraction of sp³-hybridized carbons (Fsp3) is 0.200. The highest BCUT2D eigenvalue weighted by molar-refractivity contribution is 5.39. The summed E-state index contributed by atoms with van der Waals surface area (Å²) in [5, 5.41) is 0. The maximum atomic E-state index is 5.76. The summed E-state index contributed by atoms with van der Waals surface area (Å²) in [4.78, 5) is 0. The molecule has 0 heterocycles. The molecule has 0 aliphatic rings. The van der Waals surface area contributed by atoms with E-state index in [0.717, 1.165) is 28.4 Å². The maximum Gasteiger partial charge on any atom is 0.127 e. The molecule has 18 heavy (non-hydrogen) atoms. The SMILES string of the molecule is COc1ccc(Oc2ccc(CN)c(C)c2)cc1. The van der Waals surface area contributed by atoms with Crippen LogP contribution in [0.2, 0.25) is 0 Å². The molecule has 0 fully saturated rings. The molecule has 2 aromatic carbocycles. The topological polar surface area (TPSA) is 44.5 Å². The lowest BCUT2D eigenvalue weighted by Gasteiger charge is -2.09. The lowest BCUT2D eigenvalue weighted by atomic mass is 10.1. The number of rotatable bonds is 4. The van der Waals surface area contributed by atoms with Crippen molar-refractivity contribution in [3.63, 3.8) is 0 Å². The predicted octanol–water partition coefficient (Wildman–Crippen LogP) is 3.25. The van der Waals surface area contributed by atoms with Crippen LogP contribution in [0.5, 0.6) is 17.2 Å². The number of methoxy groups -OCH3 is 1. The van der Waals surface area contributed by atoms with Crippen molar-refractivity contribution in [3.8, 4) is 17.2 Å². The van der Waals surface area contributed by atoms with Gasteiger partial charge in [-0.25, -0.2) is 0 Å². The third kappa shape index (κ3) is 2.81. The van der Waals surface area contributed by atoms with Gasteiger partial charge in [-0.05, 0) is 54.4 Å². The van der Waals surface area contributed by atoms with Gasteiger partial charge in [0.15, 0.2) is 0 Å². The largest absolute Gasteiger partial charge is 0.497 e. The Morgan fingerprint density at radius 3 is 2.11 bits per heavy atom. The smallest absolute Gasteiger partial charge is 0.127 e. The van der Waals surface area contributed by atoms with Gasteiger partial charge in [-0.3, -0.25) is 0 Å². The molecule has 0 radical (unpaired) electrons. The fourth-order valence-electron chi connectivity index (χ4n) is 1.74. The molecule has 3 heteroatoms. The van der Waals surface area contributed by atoms with Crippen molar-refractivity contribution in [3.05, 3.63) is 53.6 Å². The van der Waals surface area contributed by atoms with Crippen LogP contribution in [0.25, 0.3) is 0 Å². The molecular formula is C15H17NO2. The molecule has 0 spiro atoms. The molecule has 3 nitrogen and oxygen atoms in total. The van der Waals surface area contributed by atoms with Crippen LogP contribution in [-0.2, 0) is 6.54 Å². The number of aryl methyl sites for hydroxylation is 1. The fourth-order valence-corrected chi connectivity index (χ4v) is 1.74. The summed E-state index contributed by atoms with van der Waals surface area (Å²) in [6.07, 6.45) is 0. The van der Waals surface area contributed by atoms with Crippen LogP contribution in [0.3, 0.4) is 0 Å². The second-order valence-electron chi connectivity index (χ2n) is 4.07. The minimum Gasteiger partial charge on any atom is -0.497 e. The first-order chi connectivity index (χ1) is 8.72. The highest BCUT2D eigenvalue weighted by Crippen LogP contribution is 2.25. The third-order valence-corrected chi connectivity index (χ3v) is 2.83. The molecule has 0 aromatic heterocycles. The van der Waals surface area contributed by atoms with E-state index in [1.54, 1.807) is 7.11 Å². The van der Waals surface area contributed by atoms with Crippen LogP contribution in [0.1, 0.15) is 11.1 Å². The molecule has 0 aliphatic heterocycles. The highest BCUT2D eigenvalue weighted by atomic mass is 16.5. The second kappa shape index (κ2) is 5.56. The van der Waals surface area contributed by atoms with E-state index >= 15 is 0 Å². The second-order valence-corrected chi connectivity index (χ2v) is 4.07. The Balaban J connectivity index is 2.15. The normalized spacial score (nSPS) is 10.2. The van der Waals surface area contributed by atoms with Crippen LogP contribution in [0, 0.1) is 6.92 Å². The van der Waals surface area contributed by atoms with Gasteiger partial charge in [0.1, 0.15) is 17.2 Å². The molecule has 0 saturated heterocycles. The third-order valence-electron chi connectivity index (χ3n) is 2.83. The minimum absolute atomic E-state index is 0.550. The zero-order valence-corrected chi connectivity index (χ0v) is 10.6. The van der Waals surface area contributed by atoms with Crippen molar-refractivity contribution in [2.45, 2.75) is 13.5 Å². The van der Waals surface area contributed by atoms with Crippen LogP contribution >= 0.6 is 0 Å². The standard InChI is InChI=1S/C15H17NO2/c1-11-9-15(4-3-12(11)10-16)18-14-7-5-13(17-2)6-8-14/h3-9H,10,16H2,1-2H3. The van der Waals surface area contributed by atoms with E-state index in [9.17, 15) is 0 Å². The monoisotopic (exact) mass is 243 g/mol. The van der Waals surface area contributed by atoms with Crippen LogP contribution in [-0.4, -0.2) is 7.11 Å². The van der Waals surface area contributed by atoms with Gasteiger partial charge in [0.25, 0.3) is 0 Å². The summed E-state index contributed by atoms with van der Waals surface area (Å²) in [6, 6.07) is 13.4. The van der Waals surface area contributed by atoms with Gasteiger partial charge < -0.3 is 15.2 Å². The molecule has 2 aromatic rings. The van der Waals surface area contributed by atoms with Crippen molar-refractivity contribution in [1.82, 2.24) is 0 Å². The zero-order chi connectivity index (χ0) is 13.0. The molecule has 0 unspecified atom stereocenters. The summed E-state index contributed by atoms with van der Waals surface area (Å²) in [7, 11) is 1.64. The first kappa shape index (κ1) is 12.5. The Labute approximate surface area is 107 Å². The molecule has 0 aliphatic carbocycles. The summed E-state index contributed by atoms with van der Waals surface area (Å²) < 4.78 is 10.9. The predicted molar refractivity (Wildman–Crippen MR) is 72.1 cm³/mol. The number of ether oxygens (including phenoxy) is 2. The average Bonchev–Trinajstić information content (AvgIpc) is 2.40. The highest BCUT2D eigenvalue weighted by Gasteiger charge is 2.01. The molecule has 94 valence electrons. The van der Waals surface area contributed by atoms with Crippen LogP contribution < -0.4 is 15.2 Å². The van der Waals surface area contributed by atoms with E-state index in [-0.39, 0.29) is 0 Å². The van der Waals surface area contributed by atoms with Crippen molar-refractivity contribution >= 4 is 0 Å². The van der Waals surface area contributed by atoms with E-state index in [4.69, 9.17) is 15.2 Å². The Morgan fingerprint density at radius 1 is 0.944 bits per heavy atom. The molecule has 2 N–H and O–H groups in total. The maximum absolute atomic E-state index is 5.76. The molecule has 2 rings (SSSR count). The van der Waals surface area contributed by atoms with Crippen LogP contribution in [0.4, 0.5) is 0 Å². The average molecular weight is 243 g/mol. The van der Waals surface area contributed by atoms with Gasteiger partial charge in [-0.1, -0.05) is 6.07 Å². The van der Waals surface area contributed by atoms with Gasteiger partial charge in [0.05, 0.1) is 7.11 Å². The van der Waals surface area contributed by atoms with Crippen molar-refractivity contribution in [2.24, 2.45) is 5.73 Å². The van der Waals surface area contributed by atoms with E-state index in [1.807, 2.05) is 49.4 Å². The Kier molecular flexibility index (Phi) is 3.85. The van der Waals surface area contributed by atoms with E-state index in [1.165, 1.54) is 0 Å². The molecule has 0 atom stereocenters. The summed E-state index contributed by atoms with van der Waals surface area (Å²) >= 11 is 0. The zero-order valence-electron chi connectivity index (χ0n) is 10.6. The lowest BCUT2D eigenvalue weighted by Crippen LogP contribution is -1.98. The number of benzene rings is 2. The van der Waals surface area contributed by atoms with Gasteiger partial charge in [0.2, 0.25) is 0 Å². The Bertz CT molecular complexity index is 521. The number of hydrogen-bond donors (Lipinski definition) is 1. The molecule has 0 bridgehead atoms. The Hall–Kier alpha value is -2.00. The van der Waals surface area contributed by atoms with E-state index in [2.05, 4.69) is 0 Å². The lowest BCUT2D eigenvalue weighted by molar-refractivity contribution is 0.413. The van der Waals surface area contributed by atoms with Crippen molar-refractivity contribution in [2.75, 3.05) is 7.11 Å². The minimum atomic E-state index is 0.550. The van der Waals surface area contributed by atoms with Gasteiger partial charge in [-0.15, -0.1) is 0 Å². The first-order valence-corrected chi connectivity index (χ1v) is 5.84. The Morgan fingerprint density at radius 2 is 1.56 bits per heavy atom. The van der Waals surface area contributed by atoms with Gasteiger partial charge in [0, 0.05) is 6.54 Å². The first-order valence-electron chi connectivity index (χ1n) is 5.84. The summed E-state index contributed by atoms with van der Waals surface area (Å²) in [6.45, 7) is 2.58. The molecular weight excluding hydrogens is 226 g/mol. The molecule has 0 amide bonds. The van der Waals surface area contributed by atoms with Crippen molar-refractivity contribution < 1.29 is 9.47 Å². The van der Waals surface area contributed by atoms with Crippen molar-refractivity contribution in [1.29, 1.82) is 0 Å². The van der Waals surface area contributed by atoms with Crippen LogP contribution in [0.15, 0.2) is 42.5 Å². The van der Waals surface area contributed by atoms with E-state index < -0.39 is 0 Å². The number of hydrogen-bond acceptors (Lipinski definition) is 3. The molecule has 0 saturated carbocycles. The van der Waals surface area contributed by atoms with Gasteiger partial charge in [-0.2, -0.15) is 0 Å². The summed E-state index contributed by atoms with van der Waals surface area (Å²) in [5.74, 6) is 2.42. The van der Waals surface area contributed by atoms with E-state index in [0.29, 0.717) is 6.54 Å². The quantitative estimate of drug-likeness (QED) is 0.896. The van der Waals surface area contributed by atoms with Gasteiger partial charge >= 0.3 is 0 Å². The summed E-state index contributed by atoms with van der Waals surface area (Å²) in [5.41, 5.74) is 7.91. The number of nitrogens with two attached hydrogens (primary N) is 1.